The monoisotopic (exact) mass is 412 g/mol. The number of aryl methyl sites for hydroxylation is 2. The second-order valence-electron chi connectivity index (χ2n) is 9.13. The SMILES string of the molecule is Cc1ccc(OP(=O)([O-])Oc2ccc(C)cc2C(C)(C)C)c(C(C)(C)C)c1.[Na+]. The van der Waals surface area contributed by atoms with Crippen molar-refractivity contribution in [3.63, 3.8) is 0 Å². The molecule has 2 aromatic rings. The third kappa shape index (κ3) is 6.64. The van der Waals surface area contributed by atoms with Gasteiger partial charge in [-0.2, -0.15) is 0 Å². The van der Waals surface area contributed by atoms with E-state index in [-0.39, 0.29) is 40.4 Å². The first-order chi connectivity index (χ1) is 12.2. The topological polar surface area (TPSA) is 58.6 Å². The van der Waals surface area contributed by atoms with Gasteiger partial charge in [0.2, 0.25) is 0 Å². The first-order valence-electron chi connectivity index (χ1n) is 9.11. The number of phosphoric ester groups is 1. The average molecular weight is 412 g/mol. The molecule has 28 heavy (non-hydrogen) atoms. The molecule has 0 N–H and O–H groups in total. The Hall–Kier alpha value is -0.770. The summed E-state index contributed by atoms with van der Waals surface area (Å²) in [6.45, 7) is 16.0. The van der Waals surface area contributed by atoms with Gasteiger partial charge in [0.1, 0.15) is 11.5 Å². The zero-order valence-corrected chi connectivity index (χ0v) is 21.4. The van der Waals surface area contributed by atoms with Crippen LogP contribution >= 0.6 is 7.82 Å². The van der Waals surface area contributed by atoms with Crippen LogP contribution in [-0.4, -0.2) is 0 Å². The molecule has 0 spiro atoms. The van der Waals surface area contributed by atoms with Gasteiger partial charge in [0, 0.05) is 11.1 Å². The summed E-state index contributed by atoms with van der Waals surface area (Å²) in [6, 6.07) is 10.9. The summed E-state index contributed by atoms with van der Waals surface area (Å²) >= 11 is 0. The van der Waals surface area contributed by atoms with Crippen LogP contribution in [0, 0.1) is 13.8 Å². The minimum Gasteiger partial charge on any atom is -0.736 e. The van der Waals surface area contributed by atoms with Crippen molar-refractivity contribution in [2.75, 3.05) is 0 Å². The smallest absolute Gasteiger partial charge is 0.736 e. The normalized spacial score (nSPS) is 12.3. The molecule has 0 aromatic heterocycles. The second kappa shape index (κ2) is 8.93. The summed E-state index contributed by atoms with van der Waals surface area (Å²) in [5.74, 6) is 0.603. The Labute approximate surface area is 191 Å². The van der Waals surface area contributed by atoms with E-state index < -0.39 is 7.82 Å². The Bertz CT molecular complexity index is 810. The van der Waals surface area contributed by atoms with Crippen molar-refractivity contribution in [3.8, 4) is 11.5 Å². The van der Waals surface area contributed by atoms with Gasteiger partial charge in [-0.1, -0.05) is 76.9 Å². The fourth-order valence-electron chi connectivity index (χ4n) is 2.88. The Morgan fingerprint density at radius 2 is 1.07 bits per heavy atom. The van der Waals surface area contributed by atoms with Gasteiger partial charge < -0.3 is 13.9 Å². The average Bonchev–Trinajstić information content (AvgIpc) is 2.48. The molecule has 0 aliphatic heterocycles. The second-order valence-corrected chi connectivity index (χ2v) is 10.4. The molecule has 2 aromatic carbocycles. The molecule has 0 saturated heterocycles. The molecule has 0 saturated carbocycles. The van der Waals surface area contributed by atoms with Crippen LogP contribution < -0.4 is 43.5 Å². The fraction of sp³-hybridized carbons (Fsp3) is 0.455. The van der Waals surface area contributed by atoms with E-state index in [0.717, 1.165) is 22.3 Å². The quantitative estimate of drug-likeness (QED) is 0.573. The molecule has 0 unspecified atom stereocenters. The van der Waals surface area contributed by atoms with Crippen LogP contribution in [0.25, 0.3) is 0 Å². The molecule has 0 fully saturated rings. The van der Waals surface area contributed by atoms with Crippen molar-refractivity contribution in [2.45, 2.75) is 66.2 Å². The number of rotatable bonds is 4. The number of phosphoric acid groups is 1. The molecule has 0 aliphatic carbocycles. The standard InChI is InChI=1S/C22H31O4P.Na/c1-15-9-11-19(17(13-15)21(3,4)5)25-27(23,24)26-20-12-10-16(2)14-18(20)22(6,7)8;/h9-14H,1-8H3,(H,23,24);/q;+1/p-1. The van der Waals surface area contributed by atoms with E-state index in [2.05, 4.69) is 0 Å². The zero-order valence-electron chi connectivity index (χ0n) is 18.5. The molecule has 0 aliphatic rings. The largest absolute Gasteiger partial charge is 1.00 e. The van der Waals surface area contributed by atoms with Crippen LogP contribution in [0.4, 0.5) is 0 Å². The molecule has 2 rings (SSSR count). The van der Waals surface area contributed by atoms with E-state index >= 15 is 0 Å². The Morgan fingerprint density at radius 3 is 1.36 bits per heavy atom. The van der Waals surface area contributed by atoms with E-state index in [1.54, 1.807) is 12.1 Å². The van der Waals surface area contributed by atoms with E-state index in [1.165, 1.54) is 0 Å². The summed E-state index contributed by atoms with van der Waals surface area (Å²) in [5, 5.41) is 0. The van der Waals surface area contributed by atoms with Crippen LogP contribution in [0.15, 0.2) is 36.4 Å². The van der Waals surface area contributed by atoms with Crippen molar-refractivity contribution in [1.82, 2.24) is 0 Å². The molecule has 148 valence electrons. The maximum Gasteiger partial charge on any atom is 1.00 e. The maximum atomic E-state index is 12.7. The Morgan fingerprint density at radius 1 is 0.750 bits per heavy atom. The minimum atomic E-state index is -4.61. The van der Waals surface area contributed by atoms with Gasteiger partial charge >= 0.3 is 37.4 Å². The third-order valence-corrected chi connectivity index (χ3v) is 5.15. The van der Waals surface area contributed by atoms with Crippen molar-refractivity contribution >= 4 is 7.82 Å². The molecule has 0 radical (unpaired) electrons. The number of hydrogen-bond acceptors (Lipinski definition) is 4. The molecular weight excluding hydrogens is 382 g/mol. The molecule has 0 heterocycles. The van der Waals surface area contributed by atoms with Crippen molar-refractivity contribution < 1.29 is 48.1 Å². The molecule has 0 atom stereocenters. The van der Waals surface area contributed by atoms with Gasteiger partial charge in [0.15, 0.2) is 0 Å². The van der Waals surface area contributed by atoms with E-state index in [1.807, 2.05) is 79.7 Å². The summed E-state index contributed by atoms with van der Waals surface area (Å²) in [6.07, 6.45) is 0. The maximum absolute atomic E-state index is 12.7. The van der Waals surface area contributed by atoms with Crippen LogP contribution in [-0.2, 0) is 15.4 Å². The summed E-state index contributed by atoms with van der Waals surface area (Å²) in [7, 11) is -4.61. The van der Waals surface area contributed by atoms with Crippen molar-refractivity contribution in [2.24, 2.45) is 0 Å². The molecule has 6 heteroatoms. The summed E-state index contributed by atoms with van der Waals surface area (Å²) in [5.41, 5.74) is 3.21. The number of benzene rings is 2. The van der Waals surface area contributed by atoms with Gasteiger partial charge in [-0.15, -0.1) is 0 Å². The van der Waals surface area contributed by atoms with Gasteiger partial charge in [-0.05, 0) is 36.8 Å². The Kier molecular flexibility index (Phi) is 8.06. The minimum absolute atomic E-state index is 0. The predicted octanol–water partition coefficient (Wildman–Crippen LogP) is 2.83. The zero-order chi connectivity index (χ0) is 20.6. The van der Waals surface area contributed by atoms with E-state index in [4.69, 9.17) is 9.05 Å². The van der Waals surface area contributed by atoms with Gasteiger partial charge in [0.05, 0.1) is 0 Å². The van der Waals surface area contributed by atoms with E-state index in [9.17, 15) is 9.46 Å². The van der Waals surface area contributed by atoms with Crippen molar-refractivity contribution in [3.05, 3.63) is 58.7 Å². The third-order valence-electron chi connectivity index (χ3n) is 4.31. The summed E-state index contributed by atoms with van der Waals surface area (Å²) in [4.78, 5) is 12.7. The van der Waals surface area contributed by atoms with Crippen LogP contribution in [0.1, 0.15) is 63.8 Å². The Balaban J connectivity index is 0.00000392. The van der Waals surface area contributed by atoms with Gasteiger partial charge in [0.25, 0.3) is 0 Å². The fourth-order valence-corrected chi connectivity index (χ4v) is 3.72. The predicted molar refractivity (Wildman–Crippen MR) is 109 cm³/mol. The molecule has 0 bridgehead atoms. The van der Waals surface area contributed by atoms with Crippen LogP contribution in [0.5, 0.6) is 11.5 Å². The van der Waals surface area contributed by atoms with Crippen LogP contribution in [0.3, 0.4) is 0 Å². The van der Waals surface area contributed by atoms with Gasteiger partial charge in [-0.25, -0.2) is 4.57 Å². The first kappa shape index (κ1) is 25.3. The molecular formula is C22H30NaO4P. The van der Waals surface area contributed by atoms with Gasteiger partial charge in [-0.3, -0.25) is 0 Å². The summed E-state index contributed by atoms with van der Waals surface area (Å²) < 4.78 is 23.5. The van der Waals surface area contributed by atoms with Crippen molar-refractivity contribution in [1.29, 1.82) is 0 Å². The molecule has 0 amide bonds. The van der Waals surface area contributed by atoms with Crippen LogP contribution in [0.2, 0.25) is 0 Å². The first-order valence-corrected chi connectivity index (χ1v) is 10.6. The number of hydrogen-bond donors (Lipinski definition) is 0. The van der Waals surface area contributed by atoms with E-state index in [0.29, 0.717) is 11.5 Å². The molecule has 4 nitrogen and oxygen atoms in total.